The van der Waals surface area contributed by atoms with Crippen LogP contribution in [0, 0.1) is 0 Å². The summed E-state index contributed by atoms with van der Waals surface area (Å²) < 4.78 is 5.59. The molecule has 0 aliphatic carbocycles. The smallest absolute Gasteiger partial charge is 0.0702 e. The van der Waals surface area contributed by atoms with E-state index >= 15 is 0 Å². The van der Waals surface area contributed by atoms with E-state index in [0.717, 1.165) is 38.4 Å². The highest BCUT2D eigenvalue weighted by molar-refractivity contribution is 5.02. The fourth-order valence-corrected chi connectivity index (χ4v) is 2.44. The van der Waals surface area contributed by atoms with Gasteiger partial charge in [-0.05, 0) is 32.5 Å². The summed E-state index contributed by atoms with van der Waals surface area (Å²) in [4.78, 5) is 6.68. The summed E-state index contributed by atoms with van der Waals surface area (Å²) in [5, 5.41) is 3.43. The molecule has 1 aromatic rings. The van der Waals surface area contributed by atoms with Gasteiger partial charge in [0, 0.05) is 38.5 Å². The van der Waals surface area contributed by atoms with Crippen molar-refractivity contribution in [2.45, 2.75) is 32.0 Å². The van der Waals surface area contributed by atoms with Crippen LogP contribution in [0.2, 0.25) is 0 Å². The molecule has 2 heterocycles. The molecule has 2 rings (SSSR count). The fraction of sp³-hybridized carbons (Fsp3) is 0.643. The first-order valence-corrected chi connectivity index (χ1v) is 6.70. The molecule has 0 aromatic carbocycles. The second kappa shape index (κ2) is 6.83. The van der Waals surface area contributed by atoms with Gasteiger partial charge in [-0.2, -0.15) is 0 Å². The van der Waals surface area contributed by atoms with Gasteiger partial charge in [0.25, 0.3) is 0 Å². The van der Waals surface area contributed by atoms with Crippen LogP contribution < -0.4 is 5.32 Å². The normalized spacial score (nSPS) is 23.7. The molecule has 0 saturated carbocycles. The zero-order chi connectivity index (χ0) is 12.8. The molecule has 1 aliphatic rings. The molecular formula is C14H23N3O. The van der Waals surface area contributed by atoms with E-state index in [9.17, 15) is 0 Å². The van der Waals surface area contributed by atoms with Gasteiger partial charge in [0.05, 0.1) is 11.8 Å². The molecule has 1 aliphatic heterocycles. The number of nitrogens with zero attached hydrogens (tertiary/aromatic N) is 2. The molecule has 4 heteroatoms. The largest absolute Gasteiger partial charge is 0.377 e. The van der Waals surface area contributed by atoms with Gasteiger partial charge in [0.1, 0.15) is 0 Å². The minimum atomic E-state index is 0.366. The molecular weight excluding hydrogens is 226 g/mol. The van der Waals surface area contributed by atoms with Crippen molar-refractivity contribution in [2.24, 2.45) is 0 Å². The van der Waals surface area contributed by atoms with Crippen molar-refractivity contribution in [2.75, 3.05) is 26.7 Å². The number of hydrogen-bond acceptors (Lipinski definition) is 4. The summed E-state index contributed by atoms with van der Waals surface area (Å²) >= 11 is 0. The van der Waals surface area contributed by atoms with Crippen LogP contribution in [0.3, 0.4) is 0 Å². The Morgan fingerprint density at radius 2 is 2.39 bits per heavy atom. The standard InChI is InChI=1S/C14H23N3O/c1-12-14(6-10-18-12)17(2)9-8-15-11-13-5-3-4-7-16-13/h3-5,7,12,14-15H,6,8-11H2,1-2H3. The van der Waals surface area contributed by atoms with Crippen LogP contribution in [0.15, 0.2) is 24.4 Å². The Labute approximate surface area is 109 Å². The molecule has 2 unspecified atom stereocenters. The number of pyridine rings is 1. The van der Waals surface area contributed by atoms with E-state index in [-0.39, 0.29) is 0 Å². The van der Waals surface area contributed by atoms with Crippen LogP contribution in [0.1, 0.15) is 19.0 Å². The number of rotatable bonds is 6. The number of hydrogen-bond donors (Lipinski definition) is 1. The van der Waals surface area contributed by atoms with Crippen LogP contribution in [0.5, 0.6) is 0 Å². The summed E-state index contributed by atoms with van der Waals surface area (Å²) in [5.74, 6) is 0. The lowest BCUT2D eigenvalue weighted by atomic mass is 10.1. The van der Waals surface area contributed by atoms with Gasteiger partial charge in [-0.25, -0.2) is 0 Å². The average molecular weight is 249 g/mol. The van der Waals surface area contributed by atoms with Crippen molar-refractivity contribution < 1.29 is 4.74 Å². The molecule has 0 spiro atoms. The molecule has 1 aromatic heterocycles. The van der Waals surface area contributed by atoms with Crippen LogP contribution in [0.25, 0.3) is 0 Å². The predicted molar refractivity (Wildman–Crippen MR) is 72.4 cm³/mol. The van der Waals surface area contributed by atoms with Gasteiger partial charge >= 0.3 is 0 Å². The monoisotopic (exact) mass is 249 g/mol. The SMILES string of the molecule is CC1OCCC1N(C)CCNCc1ccccn1. The summed E-state index contributed by atoms with van der Waals surface area (Å²) in [6.45, 7) is 5.93. The highest BCUT2D eigenvalue weighted by Crippen LogP contribution is 2.17. The summed E-state index contributed by atoms with van der Waals surface area (Å²) in [6, 6.07) is 6.58. The average Bonchev–Trinajstić information content (AvgIpc) is 2.82. The Balaban J connectivity index is 1.63. The molecule has 0 radical (unpaired) electrons. The molecule has 0 amide bonds. The number of aromatic nitrogens is 1. The highest BCUT2D eigenvalue weighted by atomic mass is 16.5. The van der Waals surface area contributed by atoms with Gasteiger partial charge < -0.3 is 10.1 Å². The van der Waals surface area contributed by atoms with E-state index in [2.05, 4.69) is 29.2 Å². The zero-order valence-electron chi connectivity index (χ0n) is 11.3. The third-order valence-electron chi connectivity index (χ3n) is 3.58. The Hall–Kier alpha value is -0.970. The molecule has 100 valence electrons. The molecule has 4 nitrogen and oxygen atoms in total. The predicted octanol–water partition coefficient (Wildman–Crippen LogP) is 1.28. The quantitative estimate of drug-likeness (QED) is 0.771. The minimum Gasteiger partial charge on any atom is -0.377 e. The summed E-state index contributed by atoms with van der Waals surface area (Å²) in [6.07, 6.45) is 3.35. The summed E-state index contributed by atoms with van der Waals surface area (Å²) in [7, 11) is 2.18. The third-order valence-corrected chi connectivity index (χ3v) is 3.58. The van der Waals surface area contributed by atoms with Gasteiger partial charge in [0.15, 0.2) is 0 Å². The van der Waals surface area contributed by atoms with Crippen molar-refractivity contribution in [3.8, 4) is 0 Å². The molecule has 1 fully saturated rings. The highest BCUT2D eigenvalue weighted by Gasteiger charge is 2.27. The maximum Gasteiger partial charge on any atom is 0.0702 e. The van der Waals surface area contributed by atoms with Crippen molar-refractivity contribution in [3.63, 3.8) is 0 Å². The van der Waals surface area contributed by atoms with E-state index in [0.29, 0.717) is 12.1 Å². The molecule has 0 bridgehead atoms. The van der Waals surface area contributed by atoms with Gasteiger partial charge in [-0.15, -0.1) is 0 Å². The third kappa shape index (κ3) is 3.77. The van der Waals surface area contributed by atoms with E-state index in [1.165, 1.54) is 0 Å². The Bertz CT molecular complexity index is 344. The van der Waals surface area contributed by atoms with Gasteiger partial charge in [0.2, 0.25) is 0 Å². The van der Waals surface area contributed by atoms with Gasteiger partial charge in [-0.1, -0.05) is 6.07 Å². The molecule has 2 atom stereocenters. The van der Waals surface area contributed by atoms with Crippen LogP contribution in [-0.2, 0) is 11.3 Å². The Morgan fingerprint density at radius 1 is 1.50 bits per heavy atom. The van der Waals surface area contributed by atoms with Gasteiger partial charge in [-0.3, -0.25) is 9.88 Å². The minimum absolute atomic E-state index is 0.366. The zero-order valence-corrected chi connectivity index (χ0v) is 11.3. The lowest BCUT2D eigenvalue weighted by molar-refractivity contribution is 0.0840. The fourth-order valence-electron chi connectivity index (χ4n) is 2.44. The van der Waals surface area contributed by atoms with E-state index < -0.39 is 0 Å². The van der Waals surface area contributed by atoms with E-state index in [1.807, 2.05) is 24.4 Å². The first-order valence-electron chi connectivity index (χ1n) is 6.70. The van der Waals surface area contributed by atoms with Crippen molar-refractivity contribution in [1.82, 2.24) is 15.2 Å². The first kappa shape index (κ1) is 13.5. The van der Waals surface area contributed by atoms with Crippen LogP contribution in [0.4, 0.5) is 0 Å². The lowest BCUT2D eigenvalue weighted by Gasteiger charge is -2.26. The van der Waals surface area contributed by atoms with Crippen molar-refractivity contribution in [3.05, 3.63) is 30.1 Å². The molecule has 18 heavy (non-hydrogen) atoms. The number of likely N-dealkylation sites (N-methyl/N-ethyl adjacent to an activating group) is 1. The van der Waals surface area contributed by atoms with E-state index in [4.69, 9.17) is 4.74 Å². The van der Waals surface area contributed by atoms with Crippen LogP contribution in [-0.4, -0.2) is 48.8 Å². The van der Waals surface area contributed by atoms with E-state index in [1.54, 1.807) is 0 Å². The lowest BCUT2D eigenvalue weighted by Crippen LogP contribution is -2.40. The maximum atomic E-state index is 5.59. The maximum absolute atomic E-state index is 5.59. The number of nitrogens with one attached hydrogen (secondary N) is 1. The first-order chi connectivity index (χ1) is 8.77. The Kier molecular flexibility index (Phi) is 5.11. The second-order valence-corrected chi connectivity index (χ2v) is 4.91. The summed E-state index contributed by atoms with van der Waals surface area (Å²) in [5.41, 5.74) is 1.10. The Morgan fingerprint density at radius 3 is 3.06 bits per heavy atom. The molecule has 1 N–H and O–H groups in total. The number of ether oxygens (including phenoxy) is 1. The van der Waals surface area contributed by atoms with Crippen molar-refractivity contribution in [1.29, 1.82) is 0 Å². The molecule has 1 saturated heterocycles. The van der Waals surface area contributed by atoms with Crippen LogP contribution >= 0.6 is 0 Å². The second-order valence-electron chi connectivity index (χ2n) is 4.91. The topological polar surface area (TPSA) is 37.4 Å². The van der Waals surface area contributed by atoms with Crippen molar-refractivity contribution >= 4 is 0 Å².